The predicted molar refractivity (Wildman–Crippen MR) is 90.4 cm³/mol. The summed E-state index contributed by atoms with van der Waals surface area (Å²) in [4.78, 5) is 0. The SMILES string of the molecule is Cc1ccc(-n2nnnc2NCCOc2ccc3c(c2)OCO3)cc1. The molecule has 0 aliphatic carbocycles. The molecule has 1 aliphatic heterocycles. The van der Waals surface area contributed by atoms with Crippen LogP contribution in [0.4, 0.5) is 5.95 Å². The van der Waals surface area contributed by atoms with Crippen LogP contribution >= 0.6 is 0 Å². The topological polar surface area (TPSA) is 83.3 Å². The quantitative estimate of drug-likeness (QED) is 0.689. The summed E-state index contributed by atoms with van der Waals surface area (Å²) < 4.78 is 18.0. The van der Waals surface area contributed by atoms with Crippen molar-refractivity contribution in [2.24, 2.45) is 0 Å². The minimum atomic E-state index is 0.252. The molecule has 0 atom stereocenters. The van der Waals surface area contributed by atoms with Crippen molar-refractivity contribution in [3.8, 4) is 22.9 Å². The van der Waals surface area contributed by atoms with Gasteiger partial charge in [0.05, 0.1) is 12.2 Å². The average Bonchev–Trinajstić information content (AvgIpc) is 3.28. The average molecular weight is 339 g/mol. The maximum Gasteiger partial charge on any atom is 0.247 e. The zero-order valence-corrected chi connectivity index (χ0v) is 13.7. The third-order valence-electron chi connectivity index (χ3n) is 3.75. The molecular weight excluding hydrogens is 322 g/mol. The number of nitrogens with one attached hydrogen (secondary N) is 1. The molecule has 0 saturated carbocycles. The number of tetrazole rings is 1. The van der Waals surface area contributed by atoms with E-state index in [4.69, 9.17) is 14.2 Å². The van der Waals surface area contributed by atoms with Crippen molar-refractivity contribution in [1.82, 2.24) is 20.2 Å². The second-order valence-corrected chi connectivity index (χ2v) is 5.54. The molecule has 0 bridgehead atoms. The van der Waals surface area contributed by atoms with Crippen LogP contribution in [-0.4, -0.2) is 40.2 Å². The van der Waals surface area contributed by atoms with Crippen molar-refractivity contribution in [1.29, 1.82) is 0 Å². The minimum absolute atomic E-state index is 0.252. The Morgan fingerprint density at radius 1 is 1.12 bits per heavy atom. The minimum Gasteiger partial charge on any atom is -0.492 e. The molecule has 1 aromatic heterocycles. The van der Waals surface area contributed by atoms with Gasteiger partial charge in [-0.05, 0) is 41.6 Å². The molecule has 0 amide bonds. The maximum absolute atomic E-state index is 5.71. The molecule has 8 nitrogen and oxygen atoms in total. The van der Waals surface area contributed by atoms with E-state index in [0.29, 0.717) is 24.8 Å². The van der Waals surface area contributed by atoms with Gasteiger partial charge in [0.25, 0.3) is 0 Å². The van der Waals surface area contributed by atoms with Gasteiger partial charge >= 0.3 is 0 Å². The van der Waals surface area contributed by atoms with Gasteiger partial charge in [0.1, 0.15) is 12.4 Å². The number of hydrogen-bond acceptors (Lipinski definition) is 7. The van der Waals surface area contributed by atoms with Crippen molar-refractivity contribution in [3.05, 3.63) is 48.0 Å². The molecule has 0 spiro atoms. The first-order valence-electron chi connectivity index (χ1n) is 7.91. The van der Waals surface area contributed by atoms with Gasteiger partial charge in [0.2, 0.25) is 12.7 Å². The zero-order chi connectivity index (χ0) is 17.1. The van der Waals surface area contributed by atoms with Crippen LogP contribution in [0.25, 0.3) is 5.69 Å². The van der Waals surface area contributed by atoms with E-state index >= 15 is 0 Å². The second kappa shape index (κ2) is 6.68. The van der Waals surface area contributed by atoms with Crippen molar-refractivity contribution < 1.29 is 14.2 Å². The summed E-state index contributed by atoms with van der Waals surface area (Å²) in [6, 6.07) is 13.5. The lowest BCUT2D eigenvalue weighted by Gasteiger charge is -2.09. The van der Waals surface area contributed by atoms with Gasteiger partial charge in [-0.1, -0.05) is 22.8 Å². The lowest BCUT2D eigenvalue weighted by atomic mass is 10.2. The molecule has 8 heteroatoms. The van der Waals surface area contributed by atoms with Gasteiger partial charge in [-0.15, -0.1) is 0 Å². The van der Waals surface area contributed by atoms with Crippen LogP contribution in [-0.2, 0) is 0 Å². The second-order valence-electron chi connectivity index (χ2n) is 5.54. The summed E-state index contributed by atoms with van der Waals surface area (Å²) in [6.45, 7) is 3.30. The highest BCUT2D eigenvalue weighted by Crippen LogP contribution is 2.34. The van der Waals surface area contributed by atoms with Crippen molar-refractivity contribution >= 4 is 5.95 Å². The highest BCUT2D eigenvalue weighted by Gasteiger charge is 2.13. The molecule has 2 heterocycles. The Bertz CT molecular complexity index is 863. The number of nitrogens with zero attached hydrogens (tertiary/aromatic N) is 4. The number of ether oxygens (including phenoxy) is 3. The van der Waals surface area contributed by atoms with E-state index in [1.54, 1.807) is 4.68 Å². The van der Waals surface area contributed by atoms with E-state index in [9.17, 15) is 0 Å². The lowest BCUT2D eigenvalue weighted by molar-refractivity contribution is 0.174. The van der Waals surface area contributed by atoms with Gasteiger partial charge < -0.3 is 19.5 Å². The molecule has 128 valence electrons. The summed E-state index contributed by atoms with van der Waals surface area (Å²) in [5.41, 5.74) is 2.08. The first-order valence-corrected chi connectivity index (χ1v) is 7.91. The summed E-state index contributed by atoms with van der Waals surface area (Å²) in [6.07, 6.45) is 0. The molecule has 3 aromatic rings. The smallest absolute Gasteiger partial charge is 0.247 e. The Labute approximate surface area is 144 Å². The molecular formula is C17H17N5O3. The van der Waals surface area contributed by atoms with Crippen molar-refractivity contribution in [3.63, 3.8) is 0 Å². The Morgan fingerprint density at radius 2 is 1.96 bits per heavy atom. The molecule has 0 saturated heterocycles. The first-order chi connectivity index (χ1) is 12.3. The van der Waals surface area contributed by atoms with Crippen LogP contribution in [0.5, 0.6) is 17.2 Å². The Kier molecular flexibility index (Phi) is 4.07. The normalized spacial score (nSPS) is 12.2. The Morgan fingerprint density at radius 3 is 2.84 bits per heavy atom. The summed E-state index contributed by atoms with van der Waals surface area (Å²) in [5, 5.41) is 14.9. The van der Waals surface area contributed by atoms with E-state index in [0.717, 1.165) is 17.2 Å². The van der Waals surface area contributed by atoms with Crippen LogP contribution in [0, 0.1) is 6.92 Å². The fourth-order valence-electron chi connectivity index (χ4n) is 2.46. The standard InChI is InChI=1S/C17H17N5O3/c1-12-2-4-13(5-3-12)22-17(19-20-21-22)18-8-9-23-14-6-7-15-16(10-14)25-11-24-15/h2-7,10H,8-9,11H2,1H3,(H,18,19,21). The molecule has 0 unspecified atom stereocenters. The number of aryl methyl sites for hydroxylation is 1. The van der Waals surface area contributed by atoms with E-state index in [1.165, 1.54) is 5.56 Å². The fourth-order valence-corrected chi connectivity index (χ4v) is 2.46. The number of rotatable bonds is 6. The third-order valence-corrected chi connectivity index (χ3v) is 3.75. The van der Waals surface area contributed by atoms with Crippen LogP contribution in [0.1, 0.15) is 5.56 Å². The molecule has 2 aromatic carbocycles. The third kappa shape index (κ3) is 3.32. The Balaban J connectivity index is 1.33. The Hall–Kier alpha value is -3.29. The molecule has 1 aliphatic rings. The highest BCUT2D eigenvalue weighted by molar-refractivity contribution is 5.47. The van der Waals surface area contributed by atoms with Gasteiger partial charge in [0, 0.05) is 6.07 Å². The van der Waals surface area contributed by atoms with Crippen molar-refractivity contribution in [2.45, 2.75) is 6.92 Å². The van der Waals surface area contributed by atoms with E-state index in [-0.39, 0.29) is 6.79 Å². The summed E-state index contributed by atoms with van der Waals surface area (Å²) in [7, 11) is 0. The number of benzene rings is 2. The molecule has 0 radical (unpaired) electrons. The van der Waals surface area contributed by atoms with E-state index in [1.807, 2.05) is 49.4 Å². The van der Waals surface area contributed by atoms with Crippen LogP contribution < -0.4 is 19.5 Å². The van der Waals surface area contributed by atoms with Crippen LogP contribution in [0.3, 0.4) is 0 Å². The first kappa shape index (κ1) is 15.3. The van der Waals surface area contributed by atoms with Crippen molar-refractivity contribution in [2.75, 3.05) is 25.3 Å². The van der Waals surface area contributed by atoms with Gasteiger partial charge in [0.15, 0.2) is 11.5 Å². The monoisotopic (exact) mass is 339 g/mol. The number of anilines is 1. The van der Waals surface area contributed by atoms with Gasteiger partial charge in [-0.2, -0.15) is 4.68 Å². The molecule has 4 rings (SSSR count). The number of fused-ring (bicyclic) bond motifs is 1. The number of aromatic nitrogens is 4. The molecule has 0 fully saturated rings. The summed E-state index contributed by atoms with van der Waals surface area (Å²) >= 11 is 0. The maximum atomic E-state index is 5.71. The summed E-state index contributed by atoms with van der Waals surface area (Å²) in [5.74, 6) is 2.74. The van der Waals surface area contributed by atoms with E-state index < -0.39 is 0 Å². The van der Waals surface area contributed by atoms with Gasteiger partial charge in [-0.25, -0.2) is 0 Å². The lowest BCUT2D eigenvalue weighted by Crippen LogP contribution is -2.15. The van der Waals surface area contributed by atoms with Gasteiger partial charge in [-0.3, -0.25) is 0 Å². The zero-order valence-electron chi connectivity index (χ0n) is 13.7. The molecule has 1 N–H and O–H groups in total. The van der Waals surface area contributed by atoms with Crippen LogP contribution in [0.15, 0.2) is 42.5 Å². The predicted octanol–water partition coefficient (Wildman–Crippen LogP) is 2.19. The fraction of sp³-hybridized carbons (Fsp3) is 0.235. The van der Waals surface area contributed by atoms with Crippen LogP contribution in [0.2, 0.25) is 0 Å². The highest BCUT2D eigenvalue weighted by atomic mass is 16.7. The number of hydrogen-bond donors (Lipinski definition) is 1. The molecule has 25 heavy (non-hydrogen) atoms. The largest absolute Gasteiger partial charge is 0.492 e. The van der Waals surface area contributed by atoms with E-state index in [2.05, 4.69) is 20.8 Å².